The first kappa shape index (κ1) is 14.4. The number of hydrogen-bond donors (Lipinski definition) is 2. The lowest BCUT2D eigenvalue weighted by Crippen LogP contribution is -2.10. The summed E-state index contributed by atoms with van der Waals surface area (Å²) in [4.78, 5) is 0.226. The van der Waals surface area contributed by atoms with Crippen LogP contribution in [0.15, 0.2) is 29.2 Å². The zero-order valence-electron chi connectivity index (χ0n) is 8.09. The molecule has 0 atom stereocenters. The highest BCUT2D eigenvalue weighted by atomic mass is 35.5. The standard InChI is InChI=1S/C9H13NO3S.ClH/c10-7-8-1-3-9(4-2-8)14(12,13)6-5-11;/h1-4,11H,5-7,10H2;1H. The summed E-state index contributed by atoms with van der Waals surface area (Å²) in [6, 6.07) is 6.36. The third-order valence-electron chi connectivity index (χ3n) is 1.88. The van der Waals surface area contributed by atoms with Gasteiger partial charge in [-0.3, -0.25) is 0 Å². The van der Waals surface area contributed by atoms with Gasteiger partial charge in [0.1, 0.15) is 0 Å². The molecular formula is C9H14ClNO3S. The lowest BCUT2D eigenvalue weighted by atomic mass is 10.2. The average molecular weight is 252 g/mol. The normalized spacial score (nSPS) is 10.8. The molecule has 0 saturated heterocycles. The van der Waals surface area contributed by atoms with E-state index in [1.165, 1.54) is 12.1 Å². The van der Waals surface area contributed by atoms with Crippen molar-refractivity contribution in [1.82, 2.24) is 0 Å². The van der Waals surface area contributed by atoms with Crippen LogP contribution in [0.2, 0.25) is 0 Å². The van der Waals surface area contributed by atoms with E-state index in [9.17, 15) is 8.42 Å². The third-order valence-corrected chi connectivity index (χ3v) is 3.59. The van der Waals surface area contributed by atoms with Crippen LogP contribution in [0.5, 0.6) is 0 Å². The van der Waals surface area contributed by atoms with E-state index in [2.05, 4.69) is 0 Å². The van der Waals surface area contributed by atoms with Crippen molar-refractivity contribution < 1.29 is 13.5 Å². The molecule has 1 rings (SSSR count). The molecule has 0 spiro atoms. The fourth-order valence-electron chi connectivity index (χ4n) is 1.07. The molecule has 0 bridgehead atoms. The van der Waals surface area contributed by atoms with Crippen LogP contribution in [0.4, 0.5) is 0 Å². The molecule has 4 nitrogen and oxygen atoms in total. The van der Waals surface area contributed by atoms with Crippen LogP contribution in [0.3, 0.4) is 0 Å². The van der Waals surface area contributed by atoms with Crippen LogP contribution in [0.1, 0.15) is 5.56 Å². The van der Waals surface area contributed by atoms with Gasteiger partial charge in [0.25, 0.3) is 0 Å². The van der Waals surface area contributed by atoms with Crippen molar-refractivity contribution in [3.8, 4) is 0 Å². The van der Waals surface area contributed by atoms with Crippen LogP contribution in [0, 0.1) is 0 Å². The summed E-state index contributed by atoms with van der Waals surface area (Å²) in [5.41, 5.74) is 6.26. The Morgan fingerprint density at radius 2 is 1.73 bits per heavy atom. The molecular weight excluding hydrogens is 238 g/mol. The second kappa shape index (κ2) is 6.07. The predicted octanol–water partition coefficient (Wildman–Crippen LogP) is 0.333. The maximum atomic E-state index is 11.4. The van der Waals surface area contributed by atoms with Crippen LogP contribution >= 0.6 is 12.4 Å². The number of aliphatic hydroxyl groups excluding tert-OH is 1. The summed E-state index contributed by atoms with van der Waals surface area (Å²) in [5.74, 6) is -0.241. The molecule has 0 radical (unpaired) electrons. The summed E-state index contributed by atoms with van der Waals surface area (Å²) in [7, 11) is -3.33. The van der Waals surface area contributed by atoms with E-state index < -0.39 is 9.84 Å². The number of halogens is 1. The molecule has 0 unspecified atom stereocenters. The molecule has 15 heavy (non-hydrogen) atoms. The fourth-order valence-corrected chi connectivity index (χ4v) is 2.10. The van der Waals surface area contributed by atoms with E-state index in [1.54, 1.807) is 12.1 Å². The lowest BCUT2D eigenvalue weighted by Gasteiger charge is -2.03. The minimum absolute atomic E-state index is 0. The monoisotopic (exact) mass is 251 g/mol. The second-order valence-corrected chi connectivity index (χ2v) is 5.00. The summed E-state index contributed by atoms with van der Waals surface area (Å²) >= 11 is 0. The summed E-state index contributed by atoms with van der Waals surface area (Å²) in [6.07, 6.45) is 0. The highest BCUT2D eigenvalue weighted by Crippen LogP contribution is 2.11. The summed E-state index contributed by atoms with van der Waals surface area (Å²) in [5, 5.41) is 8.56. The Labute approximate surface area is 95.4 Å². The molecule has 1 aromatic carbocycles. The highest BCUT2D eigenvalue weighted by Gasteiger charge is 2.12. The van der Waals surface area contributed by atoms with Crippen LogP contribution in [0.25, 0.3) is 0 Å². The molecule has 0 saturated carbocycles. The van der Waals surface area contributed by atoms with Gasteiger partial charge in [0.15, 0.2) is 9.84 Å². The number of aliphatic hydroxyl groups is 1. The van der Waals surface area contributed by atoms with Crippen LogP contribution in [-0.4, -0.2) is 25.9 Å². The van der Waals surface area contributed by atoms with Gasteiger partial charge in [0.05, 0.1) is 17.3 Å². The first-order valence-corrected chi connectivity index (χ1v) is 5.88. The molecule has 6 heteroatoms. The largest absolute Gasteiger partial charge is 0.395 e. The number of hydrogen-bond acceptors (Lipinski definition) is 4. The maximum Gasteiger partial charge on any atom is 0.180 e. The molecule has 3 N–H and O–H groups in total. The maximum absolute atomic E-state index is 11.4. The van der Waals surface area contributed by atoms with Crippen LogP contribution in [-0.2, 0) is 16.4 Å². The van der Waals surface area contributed by atoms with Gasteiger partial charge in [-0.1, -0.05) is 12.1 Å². The van der Waals surface area contributed by atoms with Gasteiger partial charge in [0.2, 0.25) is 0 Å². The topological polar surface area (TPSA) is 80.4 Å². The van der Waals surface area contributed by atoms with Crippen molar-refractivity contribution in [3.05, 3.63) is 29.8 Å². The molecule has 86 valence electrons. The van der Waals surface area contributed by atoms with E-state index >= 15 is 0 Å². The van der Waals surface area contributed by atoms with Gasteiger partial charge < -0.3 is 10.8 Å². The minimum Gasteiger partial charge on any atom is -0.395 e. The highest BCUT2D eigenvalue weighted by molar-refractivity contribution is 7.91. The van der Waals surface area contributed by atoms with E-state index in [0.29, 0.717) is 6.54 Å². The molecule has 0 fully saturated rings. The SMILES string of the molecule is Cl.NCc1ccc(S(=O)(=O)CCO)cc1. The number of sulfone groups is 1. The van der Waals surface area contributed by atoms with Crippen LogP contribution < -0.4 is 5.73 Å². The fraction of sp³-hybridized carbons (Fsp3) is 0.333. The van der Waals surface area contributed by atoms with Gasteiger partial charge in [-0.05, 0) is 17.7 Å². The molecule has 0 heterocycles. The molecule has 0 amide bonds. The van der Waals surface area contributed by atoms with E-state index in [1.807, 2.05) is 0 Å². The summed E-state index contributed by atoms with van der Waals surface area (Å²) in [6.45, 7) is 0.0291. The molecule has 1 aromatic rings. The quantitative estimate of drug-likeness (QED) is 0.808. The lowest BCUT2D eigenvalue weighted by molar-refractivity contribution is 0.319. The van der Waals surface area contributed by atoms with Gasteiger partial charge in [-0.15, -0.1) is 12.4 Å². The predicted molar refractivity (Wildman–Crippen MR) is 60.7 cm³/mol. The summed E-state index contributed by atoms with van der Waals surface area (Å²) < 4.78 is 22.9. The molecule has 0 aliphatic heterocycles. The Hall–Kier alpha value is -0.620. The molecule has 0 aliphatic rings. The third kappa shape index (κ3) is 3.79. The first-order valence-electron chi connectivity index (χ1n) is 4.23. The van der Waals surface area contributed by atoms with Gasteiger partial charge >= 0.3 is 0 Å². The van der Waals surface area contributed by atoms with Crippen molar-refractivity contribution in [2.45, 2.75) is 11.4 Å². The van der Waals surface area contributed by atoms with E-state index in [0.717, 1.165) is 5.56 Å². The number of nitrogens with two attached hydrogens (primary N) is 1. The smallest absolute Gasteiger partial charge is 0.180 e. The molecule has 0 aromatic heterocycles. The van der Waals surface area contributed by atoms with Gasteiger partial charge in [-0.25, -0.2) is 8.42 Å². The van der Waals surface area contributed by atoms with Crippen molar-refractivity contribution in [3.63, 3.8) is 0 Å². The van der Waals surface area contributed by atoms with Crippen molar-refractivity contribution in [2.75, 3.05) is 12.4 Å². The van der Waals surface area contributed by atoms with Crippen molar-refractivity contribution in [2.24, 2.45) is 5.73 Å². The zero-order chi connectivity index (χ0) is 10.6. The zero-order valence-corrected chi connectivity index (χ0v) is 9.72. The van der Waals surface area contributed by atoms with Gasteiger partial charge in [0, 0.05) is 6.54 Å². The minimum atomic E-state index is -3.33. The first-order chi connectivity index (χ1) is 6.60. The molecule has 0 aliphatic carbocycles. The van der Waals surface area contributed by atoms with Crippen molar-refractivity contribution >= 4 is 22.2 Å². The Bertz CT molecular complexity index is 388. The van der Waals surface area contributed by atoms with Gasteiger partial charge in [-0.2, -0.15) is 0 Å². The number of rotatable bonds is 4. The average Bonchev–Trinajstić information content (AvgIpc) is 2.18. The Balaban J connectivity index is 0.00000196. The van der Waals surface area contributed by atoms with E-state index in [4.69, 9.17) is 10.8 Å². The van der Waals surface area contributed by atoms with E-state index in [-0.39, 0.29) is 29.7 Å². The Morgan fingerprint density at radius 3 is 2.13 bits per heavy atom. The number of benzene rings is 1. The second-order valence-electron chi connectivity index (χ2n) is 2.89. The van der Waals surface area contributed by atoms with Crippen molar-refractivity contribution in [1.29, 1.82) is 0 Å². The Morgan fingerprint density at radius 1 is 1.20 bits per heavy atom. The Kier molecular flexibility index (Phi) is 5.82.